The van der Waals surface area contributed by atoms with E-state index in [0.717, 1.165) is 38.4 Å². The molecule has 6 nitrogen and oxygen atoms in total. The number of nitrogens with zero attached hydrogens (tertiary/aromatic N) is 2. The maximum absolute atomic E-state index is 11.9. The van der Waals surface area contributed by atoms with E-state index in [9.17, 15) is 4.79 Å². The number of rotatable bonds is 8. The van der Waals surface area contributed by atoms with Gasteiger partial charge in [-0.05, 0) is 31.9 Å². The minimum Gasteiger partial charge on any atom is -0.487 e. The van der Waals surface area contributed by atoms with Gasteiger partial charge in [-0.2, -0.15) is 0 Å². The van der Waals surface area contributed by atoms with E-state index in [2.05, 4.69) is 22.5 Å². The van der Waals surface area contributed by atoms with E-state index in [1.54, 1.807) is 0 Å². The summed E-state index contributed by atoms with van der Waals surface area (Å²) in [7, 11) is 0. The maximum atomic E-state index is 11.9. The highest BCUT2D eigenvalue weighted by atomic mass is 127. The third-order valence-corrected chi connectivity index (χ3v) is 4.88. The zero-order valence-corrected chi connectivity index (χ0v) is 20.0. The average Bonchev–Trinajstić information content (AvgIpc) is 3.14. The number of hydrogen-bond acceptors (Lipinski definition) is 3. The number of para-hydroxylation sites is 1. The van der Waals surface area contributed by atoms with Gasteiger partial charge in [-0.25, -0.2) is 4.99 Å². The molecule has 2 atom stereocenters. The van der Waals surface area contributed by atoms with Gasteiger partial charge in [0.15, 0.2) is 5.96 Å². The van der Waals surface area contributed by atoms with Crippen LogP contribution in [0, 0.1) is 0 Å². The Kier molecular flexibility index (Phi) is 11.6. The van der Waals surface area contributed by atoms with Crippen LogP contribution in [-0.4, -0.2) is 55.1 Å². The van der Waals surface area contributed by atoms with Crippen molar-refractivity contribution in [2.45, 2.75) is 52.2 Å². The number of benzene rings is 1. The molecule has 2 rings (SSSR count). The summed E-state index contributed by atoms with van der Waals surface area (Å²) < 4.78 is 6.01. The number of ether oxygens (including phenoxy) is 1. The monoisotopic (exact) mass is 522 g/mol. The van der Waals surface area contributed by atoms with E-state index in [1.165, 1.54) is 0 Å². The molecule has 8 heteroatoms. The van der Waals surface area contributed by atoms with Crippen LogP contribution in [0.5, 0.6) is 5.75 Å². The van der Waals surface area contributed by atoms with E-state index >= 15 is 0 Å². The number of carbonyl (C=O) groups excluding carboxylic acids is 1. The summed E-state index contributed by atoms with van der Waals surface area (Å²) >= 11 is 6.18. The predicted octanol–water partition coefficient (Wildman–Crippen LogP) is 3.68. The lowest BCUT2D eigenvalue weighted by atomic mass is 10.2. The van der Waals surface area contributed by atoms with Crippen LogP contribution in [0.1, 0.15) is 40.0 Å². The first-order valence-corrected chi connectivity index (χ1v) is 10.2. The molecule has 28 heavy (non-hydrogen) atoms. The van der Waals surface area contributed by atoms with Crippen molar-refractivity contribution in [3.63, 3.8) is 0 Å². The van der Waals surface area contributed by atoms with E-state index < -0.39 is 0 Å². The summed E-state index contributed by atoms with van der Waals surface area (Å²) in [5.74, 6) is 1.65. The summed E-state index contributed by atoms with van der Waals surface area (Å²) in [6.07, 6.45) is 2.26. The molecular formula is C20H32ClIN4O2. The summed E-state index contributed by atoms with van der Waals surface area (Å²) in [6.45, 7) is 8.85. The summed E-state index contributed by atoms with van der Waals surface area (Å²) in [5.41, 5.74) is 0. The molecule has 1 fully saturated rings. The second-order valence-corrected chi connectivity index (χ2v) is 7.03. The Morgan fingerprint density at radius 1 is 1.36 bits per heavy atom. The number of amides is 1. The molecule has 2 N–H and O–H groups in total. The lowest BCUT2D eigenvalue weighted by Gasteiger charge is -2.20. The fourth-order valence-corrected chi connectivity index (χ4v) is 3.18. The van der Waals surface area contributed by atoms with Crippen molar-refractivity contribution < 1.29 is 9.53 Å². The van der Waals surface area contributed by atoms with Gasteiger partial charge in [-0.3, -0.25) is 4.79 Å². The molecule has 2 unspecified atom stereocenters. The summed E-state index contributed by atoms with van der Waals surface area (Å²) in [4.78, 5) is 18.5. The quantitative estimate of drug-likeness (QED) is 0.311. The van der Waals surface area contributed by atoms with Gasteiger partial charge in [-0.1, -0.05) is 37.6 Å². The van der Waals surface area contributed by atoms with Gasteiger partial charge >= 0.3 is 0 Å². The highest BCUT2D eigenvalue weighted by molar-refractivity contribution is 14.0. The van der Waals surface area contributed by atoms with Crippen LogP contribution in [0.25, 0.3) is 0 Å². The molecule has 1 aromatic rings. The van der Waals surface area contributed by atoms with Crippen LogP contribution in [-0.2, 0) is 4.79 Å². The first-order valence-electron chi connectivity index (χ1n) is 9.81. The normalized spacial score (nSPS) is 17.6. The Balaban J connectivity index is 0.00000392. The SMILES string of the molecule is CCNC(=NCC(CC)Oc1ccccc1Cl)NC1CCN(C(=O)CC)C1.I. The molecule has 1 heterocycles. The number of nitrogens with one attached hydrogen (secondary N) is 2. The van der Waals surface area contributed by atoms with Crippen LogP contribution in [0.15, 0.2) is 29.3 Å². The van der Waals surface area contributed by atoms with E-state index in [-0.39, 0.29) is 42.0 Å². The zero-order valence-electron chi connectivity index (χ0n) is 16.9. The summed E-state index contributed by atoms with van der Waals surface area (Å²) in [6, 6.07) is 7.71. The standard InChI is InChI=1S/C20H31ClN4O2.HI/c1-4-16(27-18-10-8-7-9-17(18)21)13-23-20(22-6-3)24-15-11-12-25(14-15)19(26)5-2;/h7-10,15-16H,4-6,11-14H2,1-3H3,(H2,22,23,24);1H. The van der Waals surface area contributed by atoms with Crippen molar-refractivity contribution in [3.05, 3.63) is 29.3 Å². The lowest BCUT2D eigenvalue weighted by molar-refractivity contribution is -0.129. The molecule has 0 aliphatic carbocycles. The smallest absolute Gasteiger partial charge is 0.222 e. The molecule has 1 amide bonds. The van der Waals surface area contributed by atoms with Crippen molar-refractivity contribution in [2.24, 2.45) is 4.99 Å². The third kappa shape index (κ3) is 7.66. The highest BCUT2D eigenvalue weighted by Gasteiger charge is 2.25. The van der Waals surface area contributed by atoms with Crippen molar-refractivity contribution in [1.82, 2.24) is 15.5 Å². The molecule has 0 aromatic heterocycles. The fourth-order valence-electron chi connectivity index (χ4n) is 3.00. The van der Waals surface area contributed by atoms with E-state index in [0.29, 0.717) is 23.7 Å². The molecule has 158 valence electrons. The molecule has 0 saturated carbocycles. The van der Waals surface area contributed by atoms with E-state index in [1.807, 2.05) is 43.0 Å². The first-order chi connectivity index (χ1) is 13.1. The number of guanidine groups is 1. The Morgan fingerprint density at radius 3 is 2.75 bits per heavy atom. The highest BCUT2D eigenvalue weighted by Crippen LogP contribution is 2.24. The Labute approximate surface area is 190 Å². The van der Waals surface area contributed by atoms with Gasteiger partial charge in [0.05, 0.1) is 11.6 Å². The van der Waals surface area contributed by atoms with Gasteiger partial charge in [0.1, 0.15) is 11.9 Å². The Hall–Kier alpha value is -1.22. The minimum absolute atomic E-state index is 0. The maximum Gasteiger partial charge on any atom is 0.222 e. The first kappa shape index (κ1) is 24.8. The molecule has 1 aliphatic heterocycles. The predicted molar refractivity (Wildman–Crippen MR) is 126 cm³/mol. The van der Waals surface area contributed by atoms with Crippen LogP contribution in [0.3, 0.4) is 0 Å². The summed E-state index contributed by atoms with van der Waals surface area (Å²) in [5, 5.41) is 7.33. The van der Waals surface area contributed by atoms with Gasteiger partial charge in [0.2, 0.25) is 5.91 Å². The minimum atomic E-state index is -0.0536. The van der Waals surface area contributed by atoms with Crippen LogP contribution in [0.4, 0.5) is 0 Å². The average molecular weight is 523 g/mol. The Bertz CT molecular complexity index is 644. The number of carbonyl (C=O) groups is 1. The van der Waals surface area contributed by atoms with Crippen LogP contribution >= 0.6 is 35.6 Å². The van der Waals surface area contributed by atoms with Gasteiger partial charge < -0.3 is 20.3 Å². The molecule has 1 aromatic carbocycles. The largest absolute Gasteiger partial charge is 0.487 e. The van der Waals surface area contributed by atoms with Crippen LogP contribution < -0.4 is 15.4 Å². The topological polar surface area (TPSA) is 66.0 Å². The van der Waals surface area contributed by atoms with Gasteiger partial charge in [0.25, 0.3) is 0 Å². The molecule has 1 saturated heterocycles. The Morgan fingerprint density at radius 2 is 2.11 bits per heavy atom. The molecule has 0 radical (unpaired) electrons. The zero-order chi connectivity index (χ0) is 19.6. The van der Waals surface area contributed by atoms with Crippen molar-refractivity contribution in [1.29, 1.82) is 0 Å². The number of halogens is 2. The number of hydrogen-bond donors (Lipinski definition) is 2. The molecule has 0 bridgehead atoms. The number of aliphatic imine (C=N–C) groups is 1. The lowest BCUT2D eigenvalue weighted by Crippen LogP contribution is -2.45. The number of likely N-dealkylation sites (tertiary alicyclic amines) is 1. The van der Waals surface area contributed by atoms with E-state index in [4.69, 9.17) is 16.3 Å². The van der Waals surface area contributed by atoms with Crippen molar-refractivity contribution in [2.75, 3.05) is 26.2 Å². The molecule has 1 aliphatic rings. The van der Waals surface area contributed by atoms with Crippen molar-refractivity contribution in [3.8, 4) is 5.75 Å². The fraction of sp³-hybridized carbons (Fsp3) is 0.600. The van der Waals surface area contributed by atoms with Gasteiger partial charge in [0, 0.05) is 32.1 Å². The second kappa shape index (κ2) is 13.1. The van der Waals surface area contributed by atoms with Gasteiger partial charge in [-0.15, -0.1) is 24.0 Å². The second-order valence-electron chi connectivity index (χ2n) is 6.62. The van der Waals surface area contributed by atoms with Crippen LogP contribution in [0.2, 0.25) is 5.02 Å². The van der Waals surface area contributed by atoms with Crippen molar-refractivity contribution >= 4 is 47.4 Å². The molecular weight excluding hydrogens is 491 g/mol. The molecule has 0 spiro atoms. The third-order valence-electron chi connectivity index (χ3n) is 4.57.